The first-order valence-electron chi connectivity index (χ1n) is 4.64. The lowest BCUT2D eigenvalue weighted by atomic mass is 10.4. The van der Waals surface area contributed by atoms with E-state index < -0.39 is 0 Å². The van der Waals surface area contributed by atoms with E-state index in [9.17, 15) is 0 Å². The van der Waals surface area contributed by atoms with Gasteiger partial charge < -0.3 is 9.64 Å². The van der Waals surface area contributed by atoms with E-state index in [0.717, 1.165) is 30.0 Å². The summed E-state index contributed by atoms with van der Waals surface area (Å²) in [4.78, 5) is 6.35. The maximum absolute atomic E-state index is 5.27. The van der Waals surface area contributed by atoms with E-state index in [-0.39, 0.29) is 0 Å². The molecule has 0 saturated carbocycles. The van der Waals surface area contributed by atoms with Crippen LogP contribution in [0.3, 0.4) is 0 Å². The molecular formula is C10H15BrN2O. The number of hydrogen-bond acceptors (Lipinski definition) is 3. The van der Waals surface area contributed by atoms with Gasteiger partial charge in [0.2, 0.25) is 0 Å². The molecule has 78 valence electrons. The number of rotatable bonds is 5. The quantitative estimate of drug-likeness (QED) is 0.759. The first-order valence-corrected chi connectivity index (χ1v) is 5.43. The number of anilines is 1. The highest BCUT2D eigenvalue weighted by Gasteiger charge is 2.00. The number of aromatic nitrogens is 1. The smallest absolute Gasteiger partial charge is 0.128 e. The second-order valence-electron chi connectivity index (χ2n) is 2.95. The summed E-state index contributed by atoms with van der Waals surface area (Å²) in [5.41, 5.74) is 0. The fraction of sp³-hybridized carbons (Fsp3) is 0.500. The molecule has 0 N–H and O–H groups in total. The Hall–Kier alpha value is -0.610. The van der Waals surface area contributed by atoms with Crippen molar-refractivity contribution < 1.29 is 4.74 Å². The highest BCUT2D eigenvalue weighted by Crippen LogP contribution is 2.12. The Morgan fingerprint density at radius 3 is 2.86 bits per heavy atom. The first kappa shape index (κ1) is 11.5. The molecule has 0 radical (unpaired) electrons. The summed E-state index contributed by atoms with van der Waals surface area (Å²) < 4.78 is 6.27. The lowest BCUT2D eigenvalue weighted by Gasteiger charge is -2.17. The van der Waals surface area contributed by atoms with Gasteiger partial charge in [-0.2, -0.15) is 0 Å². The molecule has 1 rings (SSSR count). The largest absolute Gasteiger partial charge is 0.380 e. The fourth-order valence-electron chi connectivity index (χ4n) is 1.05. The summed E-state index contributed by atoms with van der Waals surface area (Å²) in [5.74, 6) is 0.966. The normalized spacial score (nSPS) is 10.2. The molecular weight excluding hydrogens is 244 g/mol. The minimum atomic E-state index is 0.741. The Morgan fingerprint density at radius 1 is 1.50 bits per heavy atom. The van der Waals surface area contributed by atoms with E-state index in [1.165, 1.54) is 0 Å². The maximum Gasteiger partial charge on any atom is 0.128 e. The van der Waals surface area contributed by atoms with Crippen molar-refractivity contribution in [3.8, 4) is 0 Å². The van der Waals surface area contributed by atoms with Crippen molar-refractivity contribution in [2.45, 2.75) is 6.92 Å². The van der Waals surface area contributed by atoms with Gasteiger partial charge in [0.1, 0.15) is 5.82 Å². The number of likely N-dealkylation sites (N-methyl/N-ethyl adjacent to an activating group) is 1. The average Bonchev–Trinajstić information content (AvgIpc) is 2.19. The van der Waals surface area contributed by atoms with Crippen molar-refractivity contribution in [2.24, 2.45) is 0 Å². The summed E-state index contributed by atoms with van der Waals surface area (Å²) in [6.45, 7) is 4.37. The molecule has 1 aromatic heterocycles. The number of halogens is 1. The second-order valence-corrected chi connectivity index (χ2v) is 3.87. The van der Waals surface area contributed by atoms with Gasteiger partial charge in [-0.15, -0.1) is 0 Å². The van der Waals surface area contributed by atoms with Gasteiger partial charge in [0.15, 0.2) is 0 Å². The fourth-order valence-corrected chi connectivity index (χ4v) is 1.29. The molecule has 14 heavy (non-hydrogen) atoms. The predicted octanol–water partition coefficient (Wildman–Crippen LogP) is 2.32. The van der Waals surface area contributed by atoms with Gasteiger partial charge in [0, 0.05) is 30.9 Å². The van der Waals surface area contributed by atoms with Crippen molar-refractivity contribution in [2.75, 3.05) is 31.7 Å². The van der Waals surface area contributed by atoms with Crippen LogP contribution in [0.25, 0.3) is 0 Å². The summed E-state index contributed by atoms with van der Waals surface area (Å²) >= 11 is 3.35. The third-order valence-electron chi connectivity index (χ3n) is 1.88. The van der Waals surface area contributed by atoms with Crippen molar-refractivity contribution in [3.63, 3.8) is 0 Å². The molecule has 0 bridgehead atoms. The summed E-state index contributed by atoms with van der Waals surface area (Å²) in [7, 11) is 2.01. The Morgan fingerprint density at radius 2 is 2.29 bits per heavy atom. The molecule has 4 heteroatoms. The highest BCUT2D eigenvalue weighted by atomic mass is 79.9. The molecule has 0 aliphatic heterocycles. The van der Waals surface area contributed by atoms with E-state index >= 15 is 0 Å². The predicted molar refractivity (Wildman–Crippen MR) is 61.7 cm³/mol. The van der Waals surface area contributed by atoms with Gasteiger partial charge in [-0.1, -0.05) is 0 Å². The molecule has 0 amide bonds. The van der Waals surface area contributed by atoms with E-state index in [2.05, 4.69) is 25.8 Å². The zero-order chi connectivity index (χ0) is 10.4. The number of nitrogens with zero attached hydrogens (tertiary/aromatic N) is 2. The van der Waals surface area contributed by atoms with Crippen LogP contribution >= 0.6 is 15.9 Å². The van der Waals surface area contributed by atoms with E-state index in [4.69, 9.17) is 4.74 Å². The lowest BCUT2D eigenvalue weighted by molar-refractivity contribution is 0.154. The third-order valence-corrected chi connectivity index (χ3v) is 2.35. The second kappa shape index (κ2) is 5.98. The molecule has 0 atom stereocenters. The van der Waals surface area contributed by atoms with Gasteiger partial charge in [0.25, 0.3) is 0 Å². The van der Waals surface area contributed by atoms with E-state index in [0.29, 0.717) is 0 Å². The molecule has 0 aliphatic carbocycles. The minimum Gasteiger partial charge on any atom is -0.380 e. The van der Waals surface area contributed by atoms with Gasteiger partial charge >= 0.3 is 0 Å². The monoisotopic (exact) mass is 258 g/mol. The zero-order valence-electron chi connectivity index (χ0n) is 8.53. The molecule has 1 heterocycles. The van der Waals surface area contributed by atoms with Gasteiger partial charge in [-0.25, -0.2) is 4.98 Å². The SMILES string of the molecule is CCOCCN(C)c1ccc(Br)cn1. The molecule has 0 aromatic carbocycles. The average molecular weight is 259 g/mol. The van der Waals surface area contributed by atoms with Gasteiger partial charge in [-0.3, -0.25) is 0 Å². The highest BCUT2D eigenvalue weighted by molar-refractivity contribution is 9.10. The first-order chi connectivity index (χ1) is 6.74. The van der Waals surface area contributed by atoms with E-state index in [1.54, 1.807) is 6.20 Å². The Labute approximate surface area is 93.2 Å². The molecule has 0 spiro atoms. The topological polar surface area (TPSA) is 25.4 Å². The number of hydrogen-bond donors (Lipinski definition) is 0. The van der Waals surface area contributed by atoms with Crippen LogP contribution in [0.1, 0.15) is 6.92 Å². The van der Waals surface area contributed by atoms with Crippen LogP contribution in [-0.4, -0.2) is 31.8 Å². The van der Waals surface area contributed by atoms with Crippen LogP contribution in [0.4, 0.5) is 5.82 Å². The lowest BCUT2D eigenvalue weighted by Crippen LogP contribution is -2.23. The van der Waals surface area contributed by atoms with Crippen LogP contribution in [0.15, 0.2) is 22.8 Å². The van der Waals surface area contributed by atoms with Crippen molar-refractivity contribution in [1.29, 1.82) is 0 Å². The number of pyridine rings is 1. The molecule has 0 saturated heterocycles. The zero-order valence-corrected chi connectivity index (χ0v) is 10.1. The molecule has 3 nitrogen and oxygen atoms in total. The third kappa shape index (κ3) is 3.64. The van der Waals surface area contributed by atoms with Crippen molar-refractivity contribution in [3.05, 3.63) is 22.8 Å². The van der Waals surface area contributed by atoms with Gasteiger partial charge in [-0.05, 0) is 35.0 Å². The maximum atomic E-state index is 5.27. The summed E-state index contributed by atoms with van der Waals surface area (Å²) in [6, 6.07) is 3.97. The Balaban J connectivity index is 2.43. The van der Waals surface area contributed by atoms with Crippen LogP contribution in [-0.2, 0) is 4.74 Å². The van der Waals surface area contributed by atoms with Crippen LogP contribution in [0, 0.1) is 0 Å². The van der Waals surface area contributed by atoms with Crippen molar-refractivity contribution in [1.82, 2.24) is 4.98 Å². The molecule has 0 unspecified atom stereocenters. The summed E-state index contributed by atoms with van der Waals surface area (Å²) in [5, 5.41) is 0. The van der Waals surface area contributed by atoms with Crippen LogP contribution in [0.5, 0.6) is 0 Å². The number of ether oxygens (including phenoxy) is 1. The Bertz CT molecular complexity index is 263. The van der Waals surface area contributed by atoms with Crippen LogP contribution in [0.2, 0.25) is 0 Å². The molecule has 0 fully saturated rings. The summed E-state index contributed by atoms with van der Waals surface area (Å²) in [6.07, 6.45) is 1.80. The minimum absolute atomic E-state index is 0.741. The van der Waals surface area contributed by atoms with Crippen LogP contribution < -0.4 is 4.90 Å². The molecule has 1 aromatic rings. The van der Waals surface area contributed by atoms with Gasteiger partial charge in [0.05, 0.1) is 6.61 Å². The van der Waals surface area contributed by atoms with Crippen molar-refractivity contribution >= 4 is 21.7 Å². The Kier molecular flexibility index (Phi) is 4.90. The molecule has 0 aliphatic rings. The standard InChI is InChI=1S/C10H15BrN2O/c1-3-14-7-6-13(2)10-5-4-9(11)8-12-10/h4-5,8H,3,6-7H2,1-2H3. The van der Waals surface area contributed by atoms with E-state index in [1.807, 2.05) is 26.1 Å².